The highest BCUT2D eigenvalue weighted by Crippen LogP contribution is 2.27. The molecule has 3 rings (SSSR count). The SMILES string of the molecule is O=C1CCN(S(=O)(=O)c2ccc3c(c2)CCC3)CC1. The number of piperidine rings is 1. The monoisotopic (exact) mass is 279 g/mol. The molecule has 102 valence electrons. The van der Waals surface area contributed by atoms with Crippen molar-refractivity contribution in [1.29, 1.82) is 0 Å². The lowest BCUT2D eigenvalue weighted by Crippen LogP contribution is -2.38. The highest BCUT2D eigenvalue weighted by molar-refractivity contribution is 7.89. The Morgan fingerprint density at radius 2 is 1.63 bits per heavy atom. The van der Waals surface area contributed by atoms with Crippen LogP contribution in [0, 0.1) is 0 Å². The Bertz CT molecular complexity index is 612. The van der Waals surface area contributed by atoms with Crippen LogP contribution in [0.25, 0.3) is 0 Å². The first-order valence-electron chi connectivity index (χ1n) is 6.71. The Morgan fingerprint density at radius 1 is 0.947 bits per heavy atom. The molecule has 0 saturated carbocycles. The third kappa shape index (κ3) is 2.32. The summed E-state index contributed by atoms with van der Waals surface area (Å²) in [7, 11) is -3.43. The van der Waals surface area contributed by atoms with E-state index in [0.29, 0.717) is 30.8 Å². The summed E-state index contributed by atoms with van der Waals surface area (Å²) in [4.78, 5) is 11.6. The van der Waals surface area contributed by atoms with Crippen molar-refractivity contribution >= 4 is 15.8 Å². The van der Waals surface area contributed by atoms with Gasteiger partial charge in [0.1, 0.15) is 5.78 Å². The summed E-state index contributed by atoms with van der Waals surface area (Å²) in [6, 6.07) is 5.45. The molecule has 2 aliphatic rings. The number of sulfonamides is 1. The molecule has 1 aromatic carbocycles. The fourth-order valence-electron chi connectivity index (χ4n) is 2.83. The van der Waals surface area contributed by atoms with Gasteiger partial charge in [0.05, 0.1) is 4.90 Å². The highest BCUT2D eigenvalue weighted by Gasteiger charge is 2.29. The molecule has 0 unspecified atom stereocenters. The topological polar surface area (TPSA) is 54.5 Å². The Balaban J connectivity index is 1.90. The van der Waals surface area contributed by atoms with Gasteiger partial charge in [-0.25, -0.2) is 8.42 Å². The zero-order valence-electron chi connectivity index (χ0n) is 10.8. The summed E-state index contributed by atoms with van der Waals surface area (Å²) in [5, 5.41) is 0. The molecule has 1 fully saturated rings. The van der Waals surface area contributed by atoms with Gasteiger partial charge in [-0.3, -0.25) is 4.79 Å². The number of carbonyl (C=O) groups excluding carboxylic acids is 1. The van der Waals surface area contributed by atoms with E-state index in [1.165, 1.54) is 9.87 Å². The average molecular weight is 279 g/mol. The minimum atomic E-state index is -3.43. The maximum Gasteiger partial charge on any atom is 0.243 e. The molecule has 0 spiro atoms. The summed E-state index contributed by atoms with van der Waals surface area (Å²) in [5.74, 6) is 0.153. The second kappa shape index (κ2) is 4.72. The van der Waals surface area contributed by atoms with Gasteiger partial charge in [0.15, 0.2) is 0 Å². The molecule has 1 aromatic rings. The van der Waals surface area contributed by atoms with Gasteiger partial charge in [0.2, 0.25) is 10.0 Å². The summed E-state index contributed by atoms with van der Waals surface area (Å²) >= 11 is 0. The molecule has 5 heteroatoms. The van der Waals surface area contributed by atoms with E-state index in [1.807, 2.05) is 12.1 Å². The number of carbonyl (C=O) groups is 1. The van der Waals surface area contributed by atoms with Gasteiger partial charge in [0, 0.05) is 25.9 Å². The van der Waals surface area contributed by atoms with Crippen molar-refractivity contribution in [3.8, 4) is 0 Å². The third-order valence-corrected chi connectivity index (χ3v) is 5.88. The van der Waals surface area contributed by atoms with Crippen LogP contribution in [0.4, 0.5) is 0 Å². The molecule has 1 aliphatic heterocycles. The number of Topliss-reactive ketones (excluding diaryl/α,β-unsaturated/α-hetero) is 1. The van der Waals surface area contributed by atoms with Crippen LogP contribution >= 0.6 is 0 Å². The molecule has 0 amide bonds. The Hall–Kier alpha value is -1.20. The lowest BCUT2D eigenvalue weighted by Gasteiger charge is -2.25. The molecule has 1 heterocycles. The van der Waals surface area contributed by atoms with Crippen molar-refractivity contribution < 1.29 is 13.2 Å². The number of benzene rings is 1. The first kappa shape index (κ1) is 12.8. The third-order valence-electron chi connectivity index (χ3n) is 3.99. The molecule has 0 N–H and O–H groups in total. The lowest BCUT2D eigenvalue weighted by molar-refractivity contribution is -0.120. The van der Waals surface area contributed by atoms with Crippen LogP contribution in [0.3, 0.4) is 0 Å². The standard InChI is InChI=1S/C14H17NO3S/c16-13-6-8-15(9-7-13)19(17,18)14-5-4-11-2-1-3-12(11)10-14/h4-5,10H,1-3,6-9H2. The van der Waals surface area contributed by atoms with Crippen LogP contribution in [0.2, 0.25) is 0 Å². The zero-order chi connectivity index (χ0) is 13.5. The van der Waals surface area contributed by atoms with E-state index in [9.17, 15) is 13.2 Å². The quantitative estimate of drug-likeness (QED) is 0.825. The van der Waals surface area contributed by atoms with Crippen LogP contribution < -0.4 is 0 Å². The Kier molecular flexibility index (Phi) is 3.19. The maximum absolute atomic E-state index is 12.5. The van der Waals surface area contributed by atoms with Crippen LogP contribution in [0.5, 0.6) is 0 Å². The fraction of sp³-hybridized carbons (Fsp3) is 0.500. The van der Waals surface area contributed by atoms with Gasteiger partial charge < -0.3 is 0 Å². The molecule has 4 nitrogen and oxygen atoms in total. The van der Waals surface area contributed by atoms with E-state index < -0.39 is 10.0 Å². The van der Waals surface area contributed by atoms with Crippen molar-refractivity contribution in [2.75, 3.05) is 13.1 Å². The molecule has 0 atom stereocenters. The van der Waals surface area contributed by atoms with Gasteiger partial charge in [-0.1, -0.05) is 6.07 Å². The molecule has 0 bridgehead atoms. The van der Waals surface area contributed by atoms with Crippen molar-refractivity contribution in [2.24, 2.45) is 0 Å². The minimum absolute atomic E-state index is 0.153. The average Bonchev–Trinajstić information content (AvgIpc) is 2.86. The molecule has 19 heavy (non-hydrogen) atoms. The zero-order valence-corrected chi connectivity index (χ0v) is 11.6. The summed E-state index contributed by atoms with van der Waals surface area (Å²) in [5.41, 5.74) is 2.43. The van der Waals surface area contributed by atoms with Crippen LogP contribution in [-0.4, -0.2) is 31.6 Å². The van der Waals surface area contributed by atoms with E-state index >= 15 is 0 Å². The Labute approximate surface area is 113 Å². The van der Waals surface area contributed by atoms with Gasteiger partial charge >= 0.3 is 0 Å². The number of rotatable bonds is 2. The number of ketones is 1. The van der Waals surface area contributed by atoms with Crippen molar-refractivity contribution in [2.45, 2.75) is 37.0 Å². The van der Waals surface area contributed by atoms with Crippen molar-refractivity contribution in [3.63, 3.8) is 0 Å². The van der Waals surface area contributed by atoms with Crippen LogP contribution in [0.15, 0.2) is 23.1 Å². The normalized spacial score (nSPS) is 20.5. The first-order valence-corrected chi connectivity index (χ1v) is 8.15. The lowest BCUT2D eigenvalue weighted by atomic mass is 10.1. The molecule has 1 saturated heterocycles. The minimum Gasteiger partial charge on any atom is -0.300 e. The van der Waals surface area contributed by atoms with Gasteiger partial charge in [-0.15, -0.1) is 0 Å². The second-order valence-corrected chi connectivity index (χ2v) is 7.16. The van der Waals surface area contributed by atoms with Crippen molar-refractivity contribution in [1.82, 2.24) is 4.31 Å². The number of fused-ring (bicyclic) bond motifs is 1. The predicted molar refractivity (Wildman–Crippen MR) is 71.5 cm³/mol. The van der Waals surface area contributed by atoms with E-state index in [2.05, 4.69) is 0 Å². The molecule has 0 radical (unpaired) electrons. The highest BCUT2D eigenvalue weighted by atomic mass is 32.2. The van der Waals surface area contributed by atoms with E-state index in [-0.39, 0.29) is 5.78 Å². The fourth-order valence-corrected chi connectivity index (χ4v) is 4.33. The number of nitrogens with zero attached hydrogens (tertiary/aromatic N) is 1. The predicted octanol–water partition coefficient (Wildman–Crippen LogP) is 1.53. The summed E-state index contributed by atoms with van der Waals surface area (Å²) in [6.07, 6.45) is 3.80. The largest absolute Gasteiger partial charge is 0.300 e. The van der Waals surface area contributed by atoms with E-state index in [0.717, 1.165) is 24.8 Å². The van der Waals surface area contributed by atoms with Crippen LogP contribution in [-0.2, 0) is 27.7 Å². The van der Waals surface area contributed by atoms with Gasteiger partial charge in [0.25, 0.3) is 0 Å². The molecular formula is C14H17NO3S. The number of aryl methyl sites for hydroxylation is 2. The maximum atomic E-state index is 12.5. The summed E-state index contributed by atoms with van der Waals surface area (Å²) in [6.45, 7) is 0.635. The first-order chi connectivity index (χ1) is 9.07. The molecule has 1 aliphatic carbocycles. The molecular weight excluding hydrogens is 262 g/mol. The van der Waals surface area contributed by atoms with E-state index in [1.54, 1.807) is 6.07 Å². The van der Waals surface area contributed by atoms with Crippen molar-refractivity contribution in [3.05, 3.63) is 29.3 Å². The number of hydrogen-bond acceptors (Lipinski definition) is 3. The van der Waals surface area contributed by atoms with Gasteiger partial charge in [-0.2, -0.15) is 4.31 Å². The molecule has 0 aromatic heterocycles. The van der Waals surface area contributed by atoms with Crippen LogP contribution in [0.1, 0.15) is 30.4 Å². The van der Waals surface area contributed by atoms with Gasteiger partial charge in [-0.05, 0) is 42.5 Å². The van der Waals surface area contributed by atoms with E-state index in [4.69, 9.17) is 0 Å². The number of hydrogen-bond donors (Lipinski definition) is 0. The summed E-state index contributed by atoms with van der Waals surface area (Å²) < 4.78 is 26.5. The Morgan fingerprint density at radius 3 is 2.37 bits per heavy atom. The smallest absolute Gasteiger partial charge is 0.243 e. The second-order valence-electron chi connectivity index (χ2n) is 5.23.